The van der Waals surface area contributed by atoms with E-state index in [0.717, 1.165) is 17.8 Å². The molecule has 0 aliphatic heterocycles. The van der Waals surface area contributed by atoms with E-state index in [0.29, 0.717) is 10.0 Å². The van der Waals surface area contributed by atoms with Gasteiger partial charge in [0.25, 0.3) is 0 Å². The normalized spacial score (nSPS) is 9.72. The molecule has 1 aromatic carbocycles. The first kappa shape index (κ1) is 15.1. The second kappa shape index (κ2) is 6.83. The van der Waals surface area contributed by atoms with Gasteiger partial charge in [0.15, 0.2) is 18.9 Å². The maximum absolute atomic E-state index is 5.98. The van der Waals surface area contributed by atoms with Crippen molar-refractivity contribution in [2.45, 2.75) is 6.54 Å². The van der Waals surface area contributed by atoms with Crippen LogP contribution in [0.15, 0.2) is 42.7 Å². The molecule has 0 saturated carbocycles. The van der Waals surface area contributed by atoms with E-state index < -0.39 is 0 Å². The van der Waals surface area contributed by atoms with Crippen LogP contribution < -0.4 is 22.3 Å². The van der Waals surface area contributed by atoms with E-state index in [1.165, 1.54) is 0 Å². The van der Waals surface area contributed by atoms with E-state index >= 15 is 0 Å². The summed E-state index contributed by atoms with van der Waals surface area (Å²) in [6, 6.07) is 9.74. The van der Waals surface area contributed by atoms with Crippen molar-refractivity contribution in [1.82, 2.24) is 0 Å². The molecule has 0 fully saturated rings. The van der Waals surface area contributed by atoms with Crippen molar-refractivity contribution < 1.29 is 17.0 Å². The van der Waals surface area contributed by atoms with Crippen molar-refractivity contribution in [1.29, 1.82) is 0 Å². The Kier molecular flexibility index (Phi) is 5.73. The van der Waals surface area contributed by atoms with Crippen LogP contribution in [0.3, 0.4) is 0 Å². The molecular formula is C13H13Cl3N2. The van der Waals surface area contributed by atoms with Gasteiger partial charge in [0.2, 0.25) is 0 Å². The third kappa shape index (κ3) is 3.77. The summed E-state index contributed by atoms with van der Waals surface area (Å²) in [6.07, 6.45) is 4.04. The Morgan fingerprint density at radius 1 is 1.06 bits per heavy atom. The average Bonchev–Trinajstić information content (AvgIpc) is 2.35. The highest BCUT2D eigenvalue weighted by Gasteiger charge is 2.05. The van der Waals surface area contributed by atoms with Crippen molar-refractivity contribution in [3.63, 3.8) is 0 Å². The van der Waals surface area contributed by atoms with Gasteiger partial charge in [-0.3, -0.25) is 0 Å². The summed E-state index contributed by atoms with van der Waals surface area (Å²) in [5.74, 6) is 0. The molecule has 0 bridgehead atoms. The smallest absolute Gasteiger partial charge is 0.173 e. The molecule has 0 spiro atoms. The Hall–Kier alpha value is -0.960. The molecule has 0 unspecified atom stereocenters. The number of rotatable bonds is 3. The topological polar surface area (TPSA) is 15.9 Å². The van der Waals surface area contributed by atoms with Gasteiger partial charge in [-0.15, -0.1) is 0 Å². The number of benzene rings is 1. The molecule has 1 aromatic heterocycles. The van der Waals surface area contributed by atoms with Crippen LogP contribution in [-0.2, 0) is 6.54 Å². The first-order chi connectivity index (χ1) is 8.19. The minimum atomic E-state index is 0. The molecule has 0 radical (unpaired) electrons. The van der Waals surface area contributed by atoms with E-state index in [9.17, 15) is 0 Å². The van der Waals surface area contributed by atoms with Gasteiger partial charge in [0.1, 0.15) is 0 Å². The predicted molar refractivity (Wildman–Crippen MR) is 71.7 cm³/mol. The van der Waals surface area contributed by atoms with Gasteiger partial charge in [-0.25, -0.2) is 4.57 Å². The fourth-order valence-electron chi connectivity index (χ4n) is 1.58. The summed E-state index contributed by atoms with van der Waals surface area (Å²) in [5.41, 5.74) is 2.22. The Morgan fingerprint density at radius 3 is 2.28 bits per heavy atom. The second-order valence-electron chi connectivity index (χ2n) is 3.76. The summed E-state index contributed by atoms with van der Waals surface area (Å²) >= 11 is 11.9. The summed E-state index contributed by atoms with van der Waals surface area (Å²) < 4.78 is 2.08. The SMILES string of the molecule is CNc1cc[n+](Cc2ccc(Cl)c(Cl)c2)cc1.[Cl-]. The van der Waals surface area contributed by atoms with Crippen LogP contribution in [-0.4, -0.2) is 7.05 Å². The van der Waals surface area contributed by atoms with Gasteiger partial charge in [-0.05, 0) is 12.1 Å². The lowest BCUT2D eigenvalue weighted by Crippen LogP contribution is -3.00. The molecule has 0 aliphatic rings. The van der Waals surface area contributed by atoms with Crippen molar-refractivity contribution in [2.75, 3.05) is 12.4 Å². The van der Waals surface area contributed by atoms with Crippen LogP contribution in [0.2, 0.25) is 10.0 Å². The standard InChI is InChI=1S/C13H12Cl2N2.ClH/c1-16-11-4-6-17(7-5-11)9-10-2-3-12(14)13(15)8-10;/h2-8H,9H2,1H3;1H. The molecule has 0 aliphatic carbocycles. The van der Waals surface area contributed by atoms with Gasteiger partial charge in [-0.1, -0.05) is 29.3 Å². The molecule has 0 atom stereocenters. The first-order valence-corrected chi connectivity index (χ1v) is 6.05. The predicted octanol–water partition coefficient (Wildman–Crippen LogP) is 0.375. The number of halogens is 3. The molecule has 18 heavy (non-hydrogen) atoms. The minimum Gasteiger partial charge on any atom is -1.00 e. The van der Waals surface area contributed by atoms with Crippen molar-refractivity contribution in [2.24, 2.45) is 0 Å². The number of nitrogens with one attached hydrogen (secondary N) is 1. The zero-order valence-corrected chi connectivity index (χ0v) is 12.1. The Bertz CT molecular complexity index is 512. The van der Waals surface area contributed by atoms with Gasteiger partial charge >= 0.3 is 0 Å². The number of hydrogen-bond acceptors (Lipinski definition) is 1. The van der Waals surface area contributed by atoms with Gasteiger partial charge in [0.05, 0.1) is 10.0 Å². The number of aromatic nitrogens is 1. The molecule has 5 heteroatoms. The van der Waals surface area contributed by atoms with Crippen LogP contribution in [0, 0.1) is 0 Å². The number of pyridine rings is 1. The number of anilines is 1. The maximum Gasteiger partial charge on any atom is 0.173 e. The van der Waals surface area contributed by atoms with Crippen LogP contribution in [0.5, 0.6) is 0 Å². The molecule has 2 nitrogen and oxygen atoms in total. The summed E-state index contributed by atoms with van der Waals surface area (Å²) in [6.45, 7) is 0.779. The molecule has 0 amide bonds. The molecule has 96 valence electrons. The maximum atomic E-state index is 5.98. The van der Waals surface area contributed by atoms with E-state index in [1.807, 2.05) is 49.8 Å². The lowest BCUT2D eigenvalue weighted by atomic mass is 10.2. The highest BCUT2D eigenvalue weighted by Crippen LogP contribution is 2.22. The molecule has 2 aromatic rings. The van der Waals surface area contributed by atoms with Crippen LogP contribution in [0.25, 0.3) is 0 Å². The summed E-state index contributed by atoms with van der Waals surface area (Å²) in [5, 5.41) is 4.27. The zero-order chi connectivity index (χ0) is 12.3. The molecule has 1 heterocycles. The van der Waals surface area contributed by atoms with Crippen LogP contribution in [0.1, 0.15) is 5.56 Å². The highest BCUT2D eigenvalue weighted by atomic mass is 35.5. The average molecular weight is 304 g/mol. The van der Waals surface area contributed by atoms with Crippen molar-refractivity contribution in [3.05, 3.63) is 58.3 Å². The lowest BCUT2D eigenvalue weighted by molar-refractivity contribution is -0.688. The summed E-state index contributed by atoms with van der Waals surface area (Å²) in [7, 11) is 1.90. The number of hydrogen-bond donors (Lipinski definition) is 1. The van der Waals surface area contributed by atoms with E-state index in [2.05, 4.69) is 9.88 Å². The minimum absolute atomic E-state index is 0. The quantitative estimate of drug-likeness (QED) is 0.811. The zero-order valence-electron chi connectivity index (χ0n) is 9.83. The third-order valence-corrected chi connectivity index (χ3v) is 3.27. The van der Waals surface area contributed by atoms with Gasteiger partial charge in [-0.2, -0.15) is 0 Å². The highest BCUT2D eigenvalue weighted by molar-refractivity contribution is 6.42. The monoisotopic (exact) mass is 302 g/mol. The largest absolute Gasteiger partial charge is 1.00 e. The van der Waals surface area contributed by atoms with Gasteiger partial charge in [0, 0.05) is 30.4 Å². The van der Waals surface area contributed by atoms with Crippen LogP contribution in [0.4, 0.5) is 5.69 Å². The first-order valence-electron chi connectivity index (χ1n) is 5.30. The Balaban J connectivity index is 0.00000162. The fourth-order valence-corrected chi connectivity index (χ4v) is 1.90. The van der Waals surface area contributed by atoms with Crippen molar-refractivity contribution >= 4 is 28.9 Å². The Morgan fingerprint density at radius 2 is 1.72 bits per heavy atom. The van der Waals surface area contributed by atoms with Gasteiger partial charge < -0.3 is 17.7 Å². The number of nitrogens with zero attached hydrogens (tertiary/aromatic N) is 1. The summed E-state index contributed by atoms with van der Waals surface area (Å²) in [4.78, 5) is 0. The van der Waals surface area contributed by atoms with Crippen LogP contribution >= 0.6 is 23.2 Å². The second-order valence-corrected chi connectivity index (χ2v) is 4.57. The third-order valence-electron chi connectivity index (χ3n) is 2.53. The Labute approximate surface area is 123 Å². The molecule has 1 N–H and O–H groups in total. The van der Waals surface area contributed by atoms with E-state index in [-0.39, 0.29) is 12.4 Å². The molecule has 2 rings (SSSR count). The van der Waals surface area contributed by atoms with E-state index in [4.69, 9.17) is 23.2 Å². The molecular weight excluding hydrogens is 291 g/mol. The van der Waals surface area contributed by atoms with Crippen molar-refractivity contribution in [3.8, 4) is 0 Å². The lowest BCUT2D eigenvalue weighted by Gasteiger charge is -2.01. The molecule has 0 saturated heterocycles. The van der Waals surface area contributed by atoms with E-state index in [1.54, 1.807) is 0 Å². The fraction of sp³-hybridized carbons (Fsp3) is 0.154.